The molecule has 6 nitrogen and oxygen atoms in total. The summed E-state index contributed by atoms with van der Waals surface area (Å²) in [5.74, 6) is 5.81. The van der Waals surface area contributed by atoms with Crippen LogP contribution in [0.25, 0.3) is 0 Å². The molecule has 0 unspecified atom stereocenters. The Bertz CT molecular complexity index is 452. The number of carbonyl (C=O) groups is 1. The second-order valence-electron chi connectivity index (χ2n) is 5.21. The number of hydrogen-bond donors (Lipinski definition) is 3. The van der Waals surface area contributed by atoms with Gasteiger partial charge < -0.3 is 9.73 Å². The fourth-order valence-corrected chi connectivity index (χ4v) is 2.75. The highest BCUT2D eigenvalue weighted by Crippen LogP contribution is 2.20. The van der Waals surface area contributed by atoms with Gasteiger partial charge in [0.1, 0.15) is 5.76 Å². The van der Waals surface area contributed by atoms with E-state index >= 15 is 0 Å². The molecule has 1 fully saturated rings. The Labute approximate surface area is 119 Å². The molecule has 0 bridgehead atoms. The molecule has 1 aromatic heterocycles. The van der Waals surface area contributed by atoms with Gasteiger partial charge in [-0.25, -0.2) is 5.84 Å². The number of rotatable bonds is 5. The first-order valence-corrected chi connectivity index (χ1v) is 7.20. The van der Waals surface area contributed by atoms with Gasteiger partial charge in [0, 0.05) is 18.2 Å². The van der Waals surface area contributed by atoms with Crippen LogP contribution in [-0.2, 0) is 6.54 Å². The zero-order valence-corrected chi connectivity index (χ0v) is 12.2. The van der Waals surface area contributed by atoms with Crippen LogP contribution >= 0.6 is 0 Å². The number of nitrogen functional groups attached to an aromatic ring is 1. The molecule has 0 atom stereocenters. The van der Waals surface area contributed by atoms with Crippen molar-refractivity contribution in [2.45, 2.75) is 39.3 Å². The van der Waals surface area contributed by atoms with Crippen molar-refractivity contribution in [2.75, 3.05) is 19.6 Å². The van der Waals surface area contributed by atoms with Crippen molar-refractivity contribution in [1.82, 2.24) is 15.6 Å². The van der Waals surface area contributed by atoms with E-state index in [1.165, 1.54) is 12.8 Å². The van der Waals surface area contributed by atoms with Crippen LogP contribution in [0.1, 0.15) is 41.6 Å². The van der Waals surface area contributed by atoms with Crippen LogP contribution in [0.2, 0.25) is 0 Å². The SMILES string of the molecule is CCN(Cc1cc(C(=O)NN)oc1C)C1CCNCC1. The second kappa shape index (κ2) is 6.88. The minimum Gasteiger partial charge on any atom is -0.456 e. The third-order valence-corrected chi connectivity index (χ3v) is 3.98. The van der Waals surface area contributed by atoms with Gasteiger partial charge in [-0.15, -0.1) is 0 Å². The first kappa shape index (κ1) is 15.0. The van der Waals surface area contributed by atoms with Crippen molar-refractivity contribution in [2.24, 2.45) is 5.84 Å². The number of nitrogens with two attached hydrogens (primary N) is 1. The lowest BCUT2D eigenvalue weighted by molar-refractivity contribution is 0.0924. The van der Waals surface area contributed by atoms with E-state index in [1.54, 1.807) is 6.07 Å². The smallest absolute Gasteiger partial charge is 0.300 e. The summed E-state index contributed by atoms with van der Waals surface area (Å²) in [5, 5.41) is 3.38. The molecule has 0 aromatic carbocycles. The lowest BCUT2D eigenvalue weighted by Gasteiger charge is -2.33. The van der Waals surface area contributed by atoms with Crippen molar-refractivity contribution in [3.05, 3.63) is 23.2 Å². The van der Waals surface area contributed by atoms with E-state index in [0.29, 0.717) is 6.04 Å². The molecule has 2 heterocycles. The molecule has 2 rings (SSSR count). The third-order valence-electron chi connectivity index (χ3n) is 3.98. The van der Waals surface area contributed by atoms with E-state index in [-0.39, 0.29) is 11.7 Å². The molecule has 20 heavy (non-hydrogen) atoms. The summed E-state index contributed by atoms with van der Waals surface area (Å²) in [7, 11) is 0. The number of aryl methyl sites for hydroxylation is 1. The summed E-state index contributed by atoms with van der Waals surface area (Å²) in [5.41, 5.74) is 3.16. The monoisotopic (exact) mass is 280 g/mol. The molecule has 0 radical (unpaired) electrons. The topological polar surface area (TPSA) is 83.5 Å². The number of hydrogen-bond acceptors (Lipinski definition) is 5. The maximum Gasteiger partial charge on any atom is 0.300 e. The van der Waals surface area contributed by atoms with Crippen LogP contribution in [-0.4, -0.2) is 36.5 Å². The summed E-state index contributed by atoms with van der Waals surface area (Å²) < 4.78 is 5.47. The van der Waals surface area contributed by atoms with Gasteiger partial charge in [0.15, 0.2) is 5.76 Å². The molecule has 0 aliphatic carbocycles. The molecule has 1 aliphatic heterocycles. The lowest BCUT2D eigenvalue weighted by Crippen LogP contribution is -2.42. The second-order valence-corrected chi connectivity index (χ2v) is 5.21. The lowest BCUT2D eigenvalue weighted by atomic mass is 10.0. The number of nitrogens with one attached hydrogen (secondary N) is 2. The average Bonchev–Trinajstić information content (AvgIpc) is 2.86. The van der Waals surface area contributed by atoms with E-state index in [2.05, 4.69) is 22.6 Å². The molecule has 0 saturated carbocycles. The van der Waals surface area contributed by atoms with Crippen molar-refractivity contribution >= 4 is 5.91 Å². The van der Waals surface area contributed by atoms with Gasteiger partial charge in [0.2, 0.25) is 0 Å². The van der Waals surface area contributed by atoms with E-state index < -0.39 is 0 Å². The van der Waals surface area contributed by atoms with Gasteiger partial charge in [-0.3, -0.25) is 15.1 Å². The minimum atomic E-state index is -0.385. The van der Waals surface area contributed by atoms with Crippen LogP contribution in [0.5, 0.6) is 0 Å². The molecule has 1 amide bonds. The third kappa shape index (κ3) is 3.39. The molecule has 4 N–H and O–H groups in total. The summed E-state index contributed by atoms with van der Waals surface area (Å²) in [6.07, 6.45) is 2.34. The van der Waals surface area contributed by atoms with E-state index in [4.69, 9.17) is 10.3 Å². The summed E-state index contributed by atoms with van der Waals surface area (Å²) in [6, 6.07) is 2.39. The zero-order valence-electron chi connectivity index (χ0n) is 12.2. The van der Waals surface area contributed by atoms with Gasteiger partial charge in [-0.2, -0.15) is 0 Å². The molecular weight excluding hydrogens is 256 g/mol. The Hall–Kier alpha value is -1.37. The van der Waals surface area contributed by atoms with E-state index in [0.717, 1.165) is 37.5 Å². The fraction of sp³-hybridized carbons (Fsp3) is 0.643. The van der Waals surface area contributed by atoms with Crippen LogP contribution < -0.4 is 16.6 Å². The maximum atomic E-state index is 11.5. The first-order valence-electron chi connectivity index (χ1n) is 7.20. The zero-order chi connectivity index (χ0) is 14.5. The van der Waals surface area contributed by atoms with Crippen molar-refractivity contribution < 1.29 is 9.21 Å². The van der Waals surface area contributed by atoms with Gasteiger partial charge in [0.25, 0.3) is 0 Å². The number of carbonyl (C=O) groups excluding carboxylic acids is 1. The number of furan rings is 1. The number of nitrogens with zero attached hydrogens (tertiary/aromatic N) is 1. The maximum absolute atomic E-state index is 11.5. The standard InChI is InChI=1S/C14H24N4O2/c1-3-18(12-4-6-16-7-5-12)9-11-8-13(14(19)17-15)20-10(11)2/h8,12,16H,3-7,9,15H2,1-2H3,(H,17,19). The van der Waals surface area contributed by atoms with Crippen molar-refractivity contribution in [3.8, 4) is 0 Å². The van der Waals surface area contributed by atoms with Gasteiger partial charge in [-0.1, -0.05) is 6.92 Å². The van der Waals surface area contributed by atoms with Crippen LogP contribution in [0.4, 0.5) is 0 Å². The quantitative estimate of drug-likeness (QED) is 0.421. The molecular formula is C14H24N4O2. The molecule has 1 aliphatic rings. The normalized spacial score (nSPS) is 16.6. The highest BCUT2D eigenvalue weighted by Gasteiger charge is 2.22. The highest BCUT2D eigenvalue weighted by atomic mass is 16.4. The number of hydrazine groups is 1. The van der Waals surface area contributed by atoms with Gasteiger partial charge >= 0.3 is 5.91 Å². The first-order chi connectivity index (χ1) is 9.65. The van der Waals surface area contributed by atoms with Crippen LogP contribution in [0.3, 0.4) is 0 Å². The number of piperidine rings is 1. The van der Waals surface area contributed by atoms with Crippen LogP contribution in [0, 0.1) is 6.92 Å². The largest absolute Gasteiger partial charge is 0.456 e. The molecule has 1 aromatic rings. The minimum absolute atomic E-state index is 0.279. The van der Waals surface area contributed by atoms with Gasteiger partial charge in [0.05, 0.1) is 0 Å². The Balaban J connectivity index is 2.06. The Morgan fingerprint density at radius 2 is 2.25 bits per heavy atom. The summed E-state index contributed by atoms with van der Waals surface area (Å²) >= 11 is 0. The molecule has 6 heteroatoms. The summed E-state index contributed by atoms with van der Waals surface area (Å²) in [6.45, 7) is 8.02. The van der Waals surface area contributed by atoms with Crippen molar-refractivity contribution in [3.63, 3.8) is 0 Å². The van der Waals surface area contributed by atoms with Crippen LogP contribution in [0.15, 0.2) is 10.5 Å². The molecule has 0 spiro atoms. The predicted octanol–water partition coefficient (Wildman–Crippen LogP) is 0.765. The average molecular weight is 280 g/mol. The summed E-state index contributed by atoms with van der Waals surface area (Å²) in [4.78, 5) is 13.9. The van der Waals surface area contributed by atoms with Gasteiger partial charge in [-0.05, 0) is 45.5 Å². The van der Waals surface area contributed by atoms with E-state index in [9.17, 15) is 4.79 Å². The fourth-order valence-electron chi connectivity index (χ4n) is 2.75. The Morgan fingerprint density at radius 3 is 2.85 bits per heavy atom. The van der Waals surface area contributed by atoms with E-state index in [1.807, 2.05) is 6.92 Å². The Morgan fingerprint density at radius 1 is 1.55 bits per heavy atom. The Kier molecular flexibility index (Phi) is 5.17. The molecule has 112 valence electrons. The predicted molar refractivity (Wildman–Crippen MR) is 77.1 cm³/mol. The molecule has 1 saturated heterocycles. The number of amides is 1. The van der Waals surface area contributed by atoms with Crippen molar-refractivity contribution in [1.29, 1.82) is 0 Å². The highest BCUT2D eigenvalue weighted by molar-refractivity contribution is 5.91.